The van der Waals surface area contributed by atoms with Gasteiger partial charge in [0.25, 0.3) is 0 Å². The quantitative estimate of drug-likeness (QED) is 0.478. The molecule has 0 bridgehead atoms. The van der Waals surface area contributed by atoms with Crippen LogP contribution in [0.4, 0.5) is 0 Å². The van der Waals surface area contributed by atoms with Crippen LogP contribution in [-0.4, -0.2) is 24.2 Å². The van der Waals surface area contributed by atoms with E-state index < -0.39 is 38.2 Å². The van der Waals surface area contributed by atoms with E-state index in [1.807, 2.05) is 0 Å². The zero-order valence-corrected chi connectivity index (χ0v) is 3.95. The molecule has 2 unspecified atom stereocenters. The van der Waals surface area contributed by atoms with E-state index in [0.717, 1.165) is 0 Å². The number of β-amino-alcohol motifs (C(OH)–C–C–N with tert-alkyl or cyclic N) is 1. The molecule has 1 saturated heterocycles. The molecule has 2 heteroatoms. The second kappa shape index (κ2) is 2.46. The fourth-order valence-corrected chi connectivity index (χ4v) is 0.334. The highest BCUT2D eigenvalue weighted by Gasteiger charge is 2.14. The molecule has 1 heterocycles. The summed E-state index contributed by atoms with van der Waals surface area (Å²) in [6.45, 7) is -10.2. The lowest BCUT2D eigenvalue weighted by atomic mass is 10.0. The average Bonchev–Trinajstić information content (AvgIpc) is 2.10. The number of hydrogen-bond donors (Lipinski definition) is 2. The van der Waals surface area contributed by atoms with Crippen LogP contribution >= 0.6 is 0 Å². The van der Waals surface area contributed by atoms with Crippen molar-refractivity contribution in [2.75, 3.05) is 13.0 Å². The van der Waals surface area contributed by atoms with Crippen LogP contribution in [0, 0.1) is 5.89 Å². The fourth-order valence-electron chi connectivity index (χ4n) is 0.334. The van der Waals surface area contributed by atoms with E-state index in [1.165, 1.54) is 5.32 Å². The molecule has 0 spiro atoms. The molecule has 0 aromatic heterocycles. The smallest absolute Gasteiger partial charge is 0.0667 e. The number of nitrogens with one attached hydrogen (secondary N) is 1. The predicted molar refractivity (Wildman–Crippen MR) is 32.7 cm³/mol. The van der Waals surface area contributed by atoms with Crippen molar-refractivity contribution in [1.82, 2.24) is 5.32 Å². The van der Waals surface area contributed by atoms with E-state index in [-0.39, 0.29) is 0 Å². The Hall–Kier alpha value is -0.0800. The third-order valence-electron chi connectivity index (χ3n) is 0.612. The number of rotatable bonds is 0. The van der Waals surface area contributed by atoms with Crippen LogP contribution in [0.2, 0.25) is 0 Å². The van der Waals surface area contributed by atoms with Gasteiger partial charge in [0.2, 0.25) is 0 Å². The third kappa shape index (κ3) is 1.46. The Morgan fingerprint density at radius 2 is 2.88 bits per heavy atom. The topological polar surface area (TPSA) is 32.3 Å². The molecule has 0 aromatic carbocycles. The molecule has 48 valence electrons. The Balaban J connectivity index is 3.65. The van der Waals surface area contributed by atoms with Crippen molar-refractivity contribution in [1.29, 1.82) is 0 Å². The lowest BCUT2D eigenvalue weighted by Crippen LogP contribution is -2.38. The molecule has 8 heavy (non-hydrogen) atoms. The van der Waals surface area contributed by atoms with Crippen molar-refractivity contribution in [3.8, 4) is 0 Å². The second-order valence-electron chi connectivity index (χ2n) is 1.22. The molecule has 0 amide bonds. The van der Waals surface area contributed by atoms with Crippen molar-refractivity contribution in [2.45, 2.75) is 19.3 Å². The van der Waals surface area contributed by atoms with Gasteiger partial charge in [-0.2, -0.15) is 0 Å². The van der Waals surface area contributed by atoms with Gasteiger partial charge in [0.15, 0.2) is 0 Å². The zero-order valence-electron chi connectivity index (χ0n) is 14.9. The Bertz CT molecular complexity index is 387. The summed E-state index contributed by atoms with van der Waals surface area (Å²) in [4.78, 5) is 0. The molecule has 1 aliphatic heterocycles. The molecular weight excluding hydrogens is 102 g/mol. The van der Waals surface area contributed by atoms with Gasteiger partial charge in [-0.25, -0.2) is 0 Å². The van der Waals surface area contributed by atoms with Gasteiger partial charge in [-0.1, -0.05) is 6.85 Å². The number of hydrogen-bond acceptors (Lipinski definition) is 2. The highest BCUT2D eigenvalue weighted by Crippen LogP contribution is 2.07. The summed E-state index contributed by atoms with van der Waals surface area (Å²) >= 11 is 0. The van der Waals surface area contributed by atoms with Gasteiger partial charge in [-0.3, -0.25) is 0 Å². The average molecular weight is 126 g/mol. The summed E-state index contributed by atoms with van der Waals surface area (Å²) in [5.41, 5.74) is 0. The first-order valence-corrected chi connectivity index (χ1v) is 1.97. The SMILES string of the molecule is [2H]C([2H])([2H])C1([2H])C([2H])([2H])NC([2H])([2H])C([2H])(O)C1([2H])[2H]. The first-order chi connectivity index (χ1) is 7.96. The summed E-state index contributed by atoms with van der Waals surface area (Å²) in [5, 5.41) is 11.1. The maximum absolute atomic E-state index is 9.68. The minimum absolute atomic E-state index is 1.42. The first kappa shape index (κ1) is 1.06. The van der Waals surface area contributed by atoms with Gasteiger partial charge in [-0.15, -0.1) is 0 Å². The lowest BCUT2D eigenvalue weighted by molar-refractivity contribution is 0.119. The summed E-state index contributed by atoms with van der Waals surface area (Å²) < 4.78 is 81.0. The standard InChI is InChI=1S/C6H13NO/c1-5-2-6(8)4-7-3-5/h5-8H,2-4H2,1H3/i1D3,2D2,3D2,4D2,5D,6D. The van der Waals surface area contributed by atoms with Crippen molar-refractivity contribution in [3.63, 3.8) is 0 Å². The Morgan fingerprint density at radius 1 is 2.00 bits per heavy atom. The fraction of sp³-hybridized carbons (Fsp3) is 1.00. The van der Waals surface area contributed by atoms with Crippen LogP contribution in [0.25, 0.3) is 0 Å². The minimum Gasteiger partial charge on any atom is -0.392 e. The summed E-state index contributed by atoms with van der Waals surface area (Å²) in [6, 6.07) is 0. The van der Waals surface area contributed by atoms with Crippen molar-refractivity contribution >= 4 is 0 Å². The Morgan fingerprint density at radius 3 is 3.62 bits per heavy atom. The van der Waals surface area contributed by atoms with Crippen LogP contribution in [-0.2, 0) is 0 Å². The highest BCUT2D eigenvalue weighted by molar-refractivity contribution is 4.71. The second-order valence-corrected chi connectivity index (χ2v) is 1.22. The van der Waals surface area contributed by atoms with Gasteiger partial charge >= 0.3 is 0 Å². The van der Waals surface area contributed by atoms with Gasteiger partial charge in [0, 0.05) is 20.2 Å². The monoisotopic (exact) mass is 126 g/mol. The molecule has 1 aliphatic rings. The van der Waals surface area contributed by atoms with Gasteiger partial charge in [0.1, 0.15) is 0 Å². The van der Waals surface area contributed by atoms with Crippen LogP contribution in [0.3, 0.4) is 0 Å². The molecule has 2 N–H and O–H groups in total. The molecule has 1 fully saturated rings. The van der Waals surface area contributed by atoms with Gasteiger partial charge < -0.3 is 10.4 Å². The predicted octanol–water partition coefficient (Wildman–Crippen LogP) is -0.0233. The molecule has 1 rings (SSSR count). The largest absolute Gasteiger partial charge is 0.392 e. The van der Waals surface area contributed by atoms with Crippen LogP contribution < -0.4 is 5.32 Å². The summed E-state index contributed by atoms with van der Waals surface area (Å²) in [7, 11) is 0. The maximum Gasteiger partial charge on any atom is 0.0667 e. The molecule has 0 aliphatic carbocycles. The maximum atomic E-state index is 9.68. The minimum atomic E-state index is -3.70. The Kier molecular flexibility index (Phi) is 0.326. The van der Waals surface area contributed by atoms with Crippen LogP contribution in [0.15, 0.2) is 0 Å². The van der Waals surface area contributed by atoms with E-state index in [9.17, 15) is 5.11 Å². The molecular formula is C6H13NO. The Labute approximate surface area is 65.4 Å². The van der Waals surface area contributed by atoms with E-state index >= 15 is 0 Å². The zero-order chi connectivity index (χ0) is 15.7. The molecule has 2 nitrogen and oxygen atoms in total. The molecule has 0 saturated carbocycles. The van der Waals surface area contributed by atoms with E-state index in [4.69, 9.17) is 15.1 Å². The van der Waals surface area contributed by atoms with Crippen molar-refractivity contribution < 1.29 is 20.2 Å². The van der Waals surface area contributed by atoms with E-state index in [2.05, 4.69) is 0 Å². The van der Waals surface area contributed by atoms with Crippen molar-refractivity contribution in [2.24, 2.45) is 5.89 Å². The van der Waals surface area contributed by atoms with Gasteiger partial charge in [-0.05, 0) is 18.8 Å². The molecule has 0 radical (unpaired) electrons. The van der Waals surface area contributed by atoms with E-state index in [1.54, 1.807) is 0 Å². The highest BCUT2D eigenvalue weighted by atomic mass is 16.3. The summed E-state index contributed by atoms with van der Waals surface area (Å²) in [6.07, 6.45) is -7.37. The third-order valence-corrected chi connectivity index (χ3v) is 0.612. The van der Waals surface area contributed by atoms with Crippen LogP contribution in [0.1, 0.15) is 28.3 Å². The normalized spacial score (nSPS) is 98.9. The lowest BCUT2D eigenvalue weighted by Gasteiger charge is -2.23. The molecule has 0 aromatic rings. The van der Waals surface area contributed by atoms with Gasteiger partial charge in [0.05, 0.1) is 7.45 Å². The first-order valence-electron chi connectivity index (χ1n) is 7.47. The van der Waals surface area contributed by atoms with Crippen LogP contribution in [0.5, 0.6) is 0 Å². The number of piperidine rings is 1. The molecule has 2 atom stereocenters. The van der Waals surface area contributed by atoms with E-state index in [0.29, 0.717) is 0 Å². The summed E-state index contributed by atoms with van der Waals surface area (Å²) in [5.74, 6) is -3.57. The van der Waals surface area contributed by atoms with Crippen molar-refractivity contribution in [3.05, 3.63) is 0 Å². The number of aliphatic hydroxyl groups is 1.